The maximum absolute atomic E-state index is 13.0. The average molecular weight is 414 g/mol. The maximum atomic E-state index is 13.0. The van der Waals surface area contributed by atoms with Crippen molar-refractivity contribution >= 4 is 34.2 Å². The lowest BCUT2D eigenvalue weighted by molar-refractivity contribution is -0.556. The highest BCUT2D eigenvalue weighted by Crippen LogP contribution is 2.25. The summed E-state index contributed by atoms with van der Waals surface area (Å²) in [5.74, 6) is -0.489. The third kappa shape index (κ3) is 4.72. The van der Waals surface area contributed by atoms with Gasteiger partial charge in [0.15, 0.2) is 5.11 Å². The number of amides is 1. The van der Waals surface area contributed by atoms with E-state index in [0.29, 0.717) is 4.90 Å². The van der Waals surface area contributed by atoms with Gasteiger partial charge in [-0.25, -0.2) is 13.4 Å². The Morgan fingerprint density at radius 1 is 1.44 bits per heavy atom. The number of alkyl carbamates (subject to hydrolysis) is 1. The van der Waals surface area contributed by atoms with Gasteiger partial charge in [-0.3, -0.25) is 21.2 Å². The third-order valence-corrected chi connectivity index (χ3v) is 5.21. The summed E-state index contributed by atoms with van der Waals surface area (Å²) in [4.78, 5) is 22.4. The van der Waals surface area contributed by atoms with Crippen molar-refractivity contribution in [3.05, 3.63) is 63.3 Å². The number of carbonyl (C=O) groups excluding carboxylic acids is 1. The first-order valence-corrected chi connectivity index (χ1v) is 8.90. The molecule has 1 aliphatic carbocycles. The van der Waals surface area contributed by atoms with Crippen molar-refractivity contribution < 1.29 is 23.1 Å². The molecule has 0 saturated heterocycles. The Kier molecular flexibility index (Phi) is 6.36. The molecule has 1 aromatic rings. The van der Waals surface area contributed by atoms with Crippen molar-refractivity contribution in [1.29, 1.82) is 0 Å². The number of allylic oxidation sites excluding steroid dienone is 1. The van der Waals surface area contributed by atoms with Gasteiger partial charge in [0.1, 0.15) is 11.9 Å². The van der Waals surface area contributed by atoms with Crippen LogP contribution in [0.2, 0.25) is 0 Å². The number of rotatable bonds is 4. The summed E-state index contributed by atoms with van der Waals surface area (Å²) in [5, 5.41) is 15.8. The van der Waals surface area contributed by atoms with Gasteiger partial charge >= 0.3 is 11.8 Å². The number of nitrogens with zero attached hydrogens (tertiary/aromatic N) is 1. The molecule has 27 heavy (non-hydrogen) atoms. The summed E-state index contributed by atoms with van der Waals surface area (Å²) in [6, 6.07) is 3.75. The van der Waals surface area contributed by atoms with Gasteiger partial charge in [0.05, 0.1) is 17.9 Å². The number of nitrogens with one attached hydrogen (secondary N) is 2. The maximum Gasteiger partial charge on any atom is 0.413 e. The number of nitrogens with two attached hydrogens (primary N) is 1. The van der Waals surface area contributed by atoms with Crippen molar-refractivity contribution in [2.75, 3.05) is 7.11 Å². The Labute approximate surface area is 161 Å². The summed E-state index contributed by atoms with van der Waals surface area (Å²) >= 11 is 4.91. The molecule has 144 valence electrons. The quantitative estimate of drug-likeness (QED) is 0.286. The normalized spacial score (nSPS) is 22.3. The van der Waals surface area contributed by atoms with Gasteiger partial charge in [0.25, 0.3) is 0 Å². The van der Waals surface area contributed by atoms with Crippen LogP contribution in [0.25, 0.3) is 0 Å². The minimum absolute atomic E-state index is 0.197. The second-order valence-corrected chi connectivity index (χ2v) is 7.23. The molecular weight excluding hydrogens is 399 g/mol. The third-order valence-electron chi connectivity index (χ3n) is 3.59. The summed E-state index contributed by atoms with van der Waals surface area (Å²) in [6.07, 6.45) is 2.73. The fourth-order valence-electron chi connectivity index (χ4n) is 2.14. The molecule has 0 bridgehead atoms. The van der Waals surface area contributed by atoms with Crippen LogP contribution in [0.1, 0.15) is 0 Å². The van der Waals surface area contributed by atoms with Crippen LogP contribution in [0.4, 0.5) is 9.18 Å². The van der Waals surface area contributed by atoms with Crippen molar-refractivity contribution in [1.82, 2.24) is 10.6 Å². The van der Waals surface area contributed by atoms with Gasteiger partial charge in [-0.1, -0.05) is 0 Å². The molecule has 1 aliphatic rings. The summed E-state index contributed by atoms with van der Waals surface area (Å²) < 4.78 is 30.1. The number of carbonyl (C=O) groups is 1. The van der Waals surface area contributed by atoms with Gasteiger partial charge in [0, 0.05) is 20.8 Å². The zero-order valence-corrected chi connectivity index (χ0v) is 15.5. The first-order valence-electron chi connectivity index (χ1n) is 7.34. The zero-order valence-electron chi connectivity index (χ0n) is 13.9. The molecule has 1 aromatic carbocycles. The number of halogens is 1. The number of methoxy groups -OCH3 is 1. The van der Waals surface area contributed by atoms with E-state index in [9.17, 15) is 23.5 Å². The summed E-state index contributed by atoms with van der Waals surface area (Å²) in [6.45, 7) is 0. The number of hydrogen-bond acceptors (Lipinski definition) is 7. The predicted molar refractivity (Wildman–Crippen MR) is 99.0 cm³/mol. The highest BCUT2D eigenvalue weighted by Gasteiger charge is 2.46. The Morgan fingerprint density at radius 3 is 2.63 bits per heavy atom. The monoisotopic (exact) mass is 414 g/mol. The molecule has 0 spiro atoms. The van der Waals surface area contributed by atoms with E-state index in [-0.39, 0.29) is 10.0 Å². The molecule has 9 nitrogen and oxygen atoms in total. The molecule has 0 aliphatic heterocycles. The van der Waals surface area contributed by atoms with Crippen LogP contribution in [0.5, 0.6) is 0 Å². The Morgan fingerprint density at radius 2 is 2.07 bits per heavy atom. The van der Waals surface area contributed by atoms with Crippen molar-refractivity contribution in [3.63, 3.8) is 0 Å². The highest BCUT2D eigenvalue weighted by molar-refractivity contribution is 7.89. The first-order chi connectivity index (χ1) is 12.7. The first kappa shape index (κ1) is 20.6. The zero-order chi connectivity index (χ0) is 20.2. The van der Waals surface area contributed by atoms with Crippen molar-refractivity contribution in [2.24, 2.45) is 5.73 Å². The number of nitro groups is 1. The van der Waals surface area contributed by atoms with Crippen LogP contribution >= 0.6 is 12.2 Å². The molecule has 1 amide bonds. The Bertz CT molecular complexity index is 858. The molecule has 0 radical (unpaired) electrons. The van der Waals surface area contributed by atoms with E-state index in [1.165, 1.54) is 24.3 Å². The lowest BCUT2D eigenvalue weighted by Gasteiger charge is -2.29. The molecule has 0 fully saturated rings. The Hall–Kier alpha value is -2.70. The molecule has 0 saturated carbocycles. The van der Waals surface area contributed by atoms with E-state index in [1.54, 1.807) is 0 Å². The molecular formula is C15H15FN4O5S2. The van der Waals surface area contributed by atoms with Gasteiger partial charge in [-0.2, -0.15) is 0 Å². The van der Waals surface area contributed by atoms with E-state index < -0.39 is 39.3 Å². The summed E-state index contributed by atoms with van der Waals surface area (Å²) in [7, 11) is -0.618. The fraction of sp³-hybridized carbons (Fsp3) is 0.200. The number of benzene rings is 1. The topological polar surface area (TPSA) is 137 Å². The van der Waals surface area contributed by atoms with E-state index in [0.717, 1.165) is 25.3 Å². The molecule has 2 rings (SSSR count). The van der Waals surface area contributed by atoms with Gasteiger partial charge in [-0.15, -0.1) is 0 Å². The van der Waals surface area contributed by atoms with Gasteiger partial charge in [0.2, 0.25) is 0 Å². The number of thiocarbonyl (C=S) groups is 1. The lowest BCUT2D eigenvalue weighted by atomic mass is 9.97. The van der Waals surface area contributed by atoms with Crippen molar-refractivity contribution in [2.45, 2.75) is 16.6 Å². The van der Waals surface area contributed by atoms with E-state index in [2.05, 4.69) is 15.4 Å². The molecule has 12 heteroatoms. The molecule has 3 atom stereocenters. The summed E-state index contributed by atoms with van der Waals surface area (Å²) in [5.41, 5.74) is 3.73. The minimum Gasteiger partial charge on any atom is -0.453 e. The van der Waals surface area contributed by atoms with Gasteiger partial charge < -0.3 is 10.1 Å². The predicted octanol–water partition coefficient (Wildman–Crippen LogP) is 0.918. The molecule has 0 heterocycles. The minimum atomic E-state index is -2.10. The van der Waals surface area contributed by atoms with E-state index in [1.807, 2.05) is 0 Å². The number of ether oxygens (including phenoxy) is 1. The molecule has 3 unspecified atom stereocenters. The SMILES string of the molecule is COC(=O)NC(=S)NC1C=C(S(=O)c2ccc(F)cc2)C=CC1(N)[N+](=O)[O-]. The smallest absolute Gasteiger partial charge is 0.413 e. The fourth-order valence-corrected chi connectivity index (χ4v) is 3.46. The van der Waals surface area contributed by atoms with Crippen molar-refractivity contribution in [3.8, 4) is 0 Å². The van der Waals surface area contributed by atoms with Crippen LogP contribution in [0.15, 0.2) is 52.3 Å². The van der Waals surface area contributed by atoms with Crippen LogP contribution < -0.4 is 16.4 Å². The lowest BCUT2D eigenvalue weighted by Crippen LogP contribution is -2.63. The van der Waals surface area contributed by atoms with Gasteiger partial charge in [-0.05, 0) is 48.6 Å². The van der Waals surface area contributed by atoms with Crippen LogP contribution in [-0.2, 0) is 15.5 Å². The van der Waals surface area contributed by atoms with Crippen LogP contribution in [-0.4, -0.2) is 39.2 Å². The average Bonchev–Trinajstić information content (AvgIpc) is 2.63. The van der Waals surface area contributed by atoms with E-state index in [4.69, 9.17) is 18.0 Å². The highest BCUT2D eigenvalue weighted by atomic mass is 32.2. The largest absolute Gasteiger partial charge is 0.453 e. The number of hydrogen-bond donors (Lipinski definition) is 3. The Balaban J connectivity index is 2.30. The second-order valence-electron chi connectivity index (χ2n) is 5.34. The van der Waals surface area contributed by atoms with E-state index >= 15 is 0 Å². The standard InChI is InChI=1S/C15H15FN4O5S2/c1-25-14(21)19-13(26)18-12-8-11(6-7-15(12,17)20(22)23)27(24)10-4-2-9(16)3-5-10/h2-8,12H,17H2,1H3,(H2,18,19,21,26). The second kappa shape index (κ2) is 8.33. The van der Waals surface area contributed by atoms with Crippen LogP contribution in [0, 0.1) is 15.9 Å². The van der Waals surface area contributed by atoms with Crippen LogP contribution in [0.3, 0.4) is 0 Å². The molecule has 4 N–H and O–H groups in total. The molecule has 0 aromatic heterocycles.